The molecule has 2 aromatic carbocycles. The number of carboxylic acids is 1. The Hall–Kier alpha value is -2.40. The predicted octanol–water partition coefficient (Wildman–Crippen LogP) is 4.94. The molecule has 0 spiro atoms. The molecule has 3 aromatic rings. The van der Waals surface area contributed by atoms with E-state index in [4.69, 9.17) is 11.6 Å². The van der Waals surface area contributed by atoms with Crippen molar-refractivity contribution in [1.29, 1.82) is 0 Å². The molecule has 2 N–H and O–H groups in total. The fraction of sp³-hybridized carbons (Fsp3) is 0.0526. The predicted molar refractivity (Wildman–Crippen MR) is 120 cm³/mol. The summed E-state index contributed by atoms with van der Waals surface area (Å²) in [6.07, 6.45) is 0. The van der Waals surface area contributed by atoms with Crippen LogP contribution < -0.4 is 9.62 Å². The standard InChI is InChI=1S/C19H14BrClN2O5S2/c1-23(14-5-3-13(21)4-6-14)30(27,28)17-8-11(10-29-17)18(24)22-16-7-2-12(20)9-15(16)19(25)26/h2-10H,1H3,(H,22,24)(H,25,26). The number of rotatable bonds is 6. The van der Waals surface area contributed by atoms with Gasteiger partial charge in [0.15, 0.2) is 0 Å². The van der Waals surface area contributed by atoms with Crippen molar-refractivity contribution in [3.63, 3.8) is 0 Å². The highest BCUT2D eigenvalue weighted by atomic mass is 79.9. The summed E-state index contributed by atoms with van der Waals surface area (Å²) < 4.78 is 27.4. The molecule has 7 nitrogen and oxygen atoms in total. The number of nitrogens with one attached hydrogen (secondary N) is 1. The van der Waals surface area contributed by atoms with Gasteiger partial charge in [-0.25, -0.2) is 13.2 Å². The average molecular weight is 530 g/mol. The third kappa shape index (κ3) is 4.67. The van der Waals surface area contributed by atoms with Gasteiger partial charge in [-0.15, -0.1) is 11.3 Å². The molecule has 0 saturated heterocycles. The minimum Gasteiger partial charge on any atom is -0.478 e. The van der Waals surface area contributed by atoms with Gasteiger partial charge in [0.2, 0.25) is 0 Å². The second kappa shape index (κ2) is 8.76. The number of carbonyl (C=O) groups is 2. The number of hydrogen-bond acceptors (Lipinski definition) is 5. The summed E-state index contributed by atoms with van der Waals surface area (Å²) in [5.41, 5.74) is 0.523. The van der Waals surface area contributed by atoms with Crippen LogP contribution in [0.15, 0.2) is 62.6 Å². The Balaban J connectivity index is 1.84. The van der Waals surface area contributed by atoms with Crippen LogP contribution in [-0.4, -0.2) is 32.4 Å². The molecule has 30 heavy (non-hydrogen) atoms. The number of aromatic carboxylic acids is 1. The maximum Gasteiger partial charge on any atom is 0.337 e. The molecule has 0 saturated carbocycles. The Labute approximate surface area is 190 Å². The van der Waals surface area contributed by atoms with Crippen molar-refractivity contribution in [2.45, 2.75) is 4.21 Å². The van der Waals surface area contributed by atoms with Crippen LogP contribution in [0, 0.1) is 0 Å². The van der Waals surface area contributed by atoms with Gasteiger partial charge in [-0.2, -0.15) is 0 Å². The number of amides is 1. The first-order chi connectivity index (χ1) is 14.1. The normalized spacial score (nSPS) is 11.2. The number of benzene rings is 2. The lowest BCUT2D eigenvalue weighted by Gasteiger charge is -2.18. The van der Waals surface area contributed by atoms with E-state index in [9.17, 15) is 23.1 Å². The van der Waals surface area contributed by atoms with Crippen molar-refractivity contribution in [2.24, 2.45) is 0 Å². The highest BCUT2D eigenvalue weighted by Gasteiger charge is 2.25. The minimum atomic E-state index is -3.89. The molecule has 0 aliphatic rings. The summed E-state index contributed by atoms with van der Waals surface area (Å²) in [4.78, 5) is 24.0. The molecule has 0 aliphatic heterocycles. The van der Waals surface area contributed by atoms with E-state index in [-0.39, 0.29) is 21.0 Å². The van der Waals surface area contributed by atoms with Crippen molar-refractivity contribution in [3.8, 4) is 0 Å². The number of nitrogens with zero attached hydrogens (tertiary/aromatic N) is 1. The zero-order valence-electron chi connectivity index (χ0n) is 15.3. The lowest BCUT2D eigenvalue weighted by atomic mass is 10.1. The Bertz CT molecular complexity index is 1230. The van der Waals surface area contributed by atoms with Crippen LogP contribution in [0.3, 0.4) is 0 Å². The second-order valence-electron chi connectivity index (χ2n) is 6.05. The molecule has 1 amide bonds. The van der Waals surface area contributed by atoms with Crippen LogP contribution in [0.25, 0.3) is 0 Å². The van der Waals surface area contributed by atoms with Gasteiger partial charge in [0, 0.05) is 21.9 Å². The van der Waals surface area contributed by atoms with Crippen molar-refractivity contribution in [1.82, 2.24) is 0 Å². The van der Waals surface area contributed by atoms with Crippen LogP contribution in [0.1, 0.15) is 20.7 Å². The molecule has 0 aliphatic carbocycles. The van der Waals surface area contributed by atoms with Crippen LogP contribution in [0.2, 0.25) is 5.02 Å². The number of thiophene rings is 1. The number of carbonyl (C=O) groups excluding carboxylic acids is 1. The highest BCUT2D eigenvalue weighted by Crippen LogP contribution is 2.29. The van der Waals surface area contributed by atoms with Gasteiger partial charge >= 0.3 is 5.97 Å². The molecule has 0 bridgehead atoms. The molecule has 0 radical (unpaired) electrons. The molecule has 0 unspecified atom stereocenters. The van der Waals surface area contributed by atoms with E-state index in [0.29, 0.717) is 15.2 Å². The first-order valence-corrected chi connectivity index (χ1v) is 11.8. The maximum atomic E-state index is 12.9. The Morgan fingerprint density at radius 1 is 1.13 bits per heavy atom. The van der Waals surface area contributed by atoms with Crippen molar-refractivity contribution < 1.29 is 23.1 Å². The van der Waals surface area contributed by atoms with Gasteiger partial charge in [-0.05, 0) is 48.5 Å². The molecule has 1 aromatic heterocycles. The number of carboxylic acid groups (broad SMARTS) is 1. The topological polar surface area (TPSA) is 104 Å². The first kappa shape index (κ1) is 22.3. The van der Waals surface area contributed by atoms with Gasteiger partial charge in [0.1, 0.15) is 4.21 Å². The van der Waals surface area contributed by atoms with Gasteiger partial charge in [0.25, 0.3) is 15.9 Å². The maximum absolute atomic E-state index is 12.9. The van der Waals surface area contributed by atoms with E-state index in [1.165, 1.54) is 30.6 Å². The smallest absolute Gasteiger partial charge is 0.337 e. The third-order valence-corrected chi connectivity index (χ3v) is 8.05. The Morgan fingerprint density at radius 3 is 2.43 bits per heavy atom. The van der Waals surface area contributed by atoms with Gasteiger partial charge in [-0.3, -0.25) is 9.10 Å². The van der Waals surface area contributed by atoms with E-state index >= 15 is 0 Å². The summed E-state index contributed by atoms with van der Waals surface area (Å²) >= 11 is 9.92. The van der Waals surface area contributed by atoms with Crippen molar-refractivity contribution >= 4 is 72.1 Å². The summed E-state index contributed by atoms with van der Waals surface area (Å²) in [7, 11) is -2.49. The zero-order valence-corrected chi connectivity index (χ0v) is 19.3. The van der Waals surface area contributed by atoms with Gasteiger partial charge in [-0.1, -0.05) is 27.5 Å². The van der Waals surface area contributed by atoms with Gasteiger partial charge < -0.3 is 10.4 Å². The monoisotopic (exact) mass is 528 g/mol. The molecule has 0 atom stereocenters. The number of sulfonamides is 1. The second-order valence-corrected chi connectivity index (χ2v) is 10.5. The van der Waals surface area contributed by atoms with E-state index < -0.39 is 21.9 Å². The summed E-state index contributed by atoms with van der Waals surface area (Å²) in [6.45, 7) is 0. The fourth-order valence-electron chi connectivity index (χ4n) is 2.49. The van der Waals surface area contributed by atoms with Crippen LogP contribution in [-0.2, 0) is 10.0 Å². The quantitative estimate of drug-likeness (QED) is 0.471. The Morgan fingerprint density at radius 2 is 1.80 bits per heavy atom. The fourth-order valence-corrected chi connectivity index (χ4v) is 5.50. The van der Waals surface area contributed by atoms with Crippen molar-refractivity contribution in [2.75, 3.05) is 16.7 Å². The lowest BCUT2D eigenvalue weighted by molar-refractivity contribution is 0.0698. The van der Waals surface area contributed by atoms with Crippen molar-refractivity contribution in [3.05, 3.63) is 74.5 Å². The van der Waals surface area contributed by atoms with E-state index in [1.54, 1.807) is 30.3 Å². The number of hydrogen-bond donors (Lipinski definition) is 2. The van der Waals surface area contributed by atoms with Gasteiger partial charge in [0.05, 0.1) is 22.5 Å². The SMILES string of the molecule is CN(c1ccc(Cl)cc1)S(=O)(=O)c1cc(C(=O)Nc2ccc(Br)cc2C(=O)O)cs1. The average Bonchev–Trinajstić information content (AvgIpc) is 3.20. The molecule has 11 heteroatoms. The van der Waals surface area contributed by atoms with E-state index in [0.717, 1.165) is 15.6 Å². The largest absolute Gasteiger partial charge is 0.478 e. The van der Waals surface area contributed by atoms with Crippen LogP contribution in [0.4, 0.5) is 11.4 Å². The summed E-state index contributed by atoms with van der Waals surface area (Å²) in [5, 5.41) is 13.7. The third-order valence-electron chi connectivity index (χ3n) is 4.10. The molecule has 3 rings (SSSR count). The van der Waals surface area contributed by atoms with Crippen LogP contribution in [0.5, 0.6) is 0 Å². The highest BCUT2D eigenvalue weighted by molar-refractivity contribution is 9.10. The first-order valence-electron chi connectivity index (χ1n) is 8.27. The van der Waals surface area contributed by atoms with E-state index in [1.807, 2.05) is 0 Å². The molecular weight excluding hydrogens is 516 g/mol. The lowest BCUT2D eigenvalue weighted by Crippen LogP contribution is -2.25. The molecule has 0 fully saturated rings. The minimum absolute atomic E-state index is 0.0284. The Kier molecular flexibility index (Phi) is 6.51. The number of halogens is 2. The summed E-state index contributed by atoms with van der Waals surface area (Å²) in [6, 6.07) is 12.0. The molecule has 1 heterocycles. The van der Waals surface area contributed by atoms with Crippen LogP contribution >= 0.6 is 38.9 Å². The molecular formula is C19H14BrClN2O5S2. The number of anilines is 2. The summed E-state index contributed by atoms with van der Waals surface area (Å²) in [5.74, 6) is -1.82. The van der Waals surface area contributed by atoms with E-state index in [2.05, 4.69) is 21.2 Å². The molecule has 156 valence electrons. The zero-order chi connectivity index (χ0) is 22.1.